The number of rotatable bonds is 12. The minimum atomic E-state index is -1.34. The molecule has 6 N–H and O–H groups in total. The number of esters is 1. The number of amides is 2. The fourth-order valence-corrected chi connectivity index (χ4v) is 5.92. The number of nitrogens with one attached hydrogen (secondary N) is 4. The van der Waals surface area contributed by atoms with Crippen molar-refractivity contribution in [3.05, 3.63) is 75.5 Å². The summed E-state index contributed by atoms with van der Waals surface area (Å²) in [5.41, 5.74) is 6.44. The number of nitrogens with zero attached hydrogens (tertiary/aromatic N) is 1. The molecule has 1 unspecified atom stereocenters. The summed E-state index contributed by atoms with van der Waals surface area (Å²) in [4.78, 5) is 35.4. The lowest BCUT2D eigenvalue weighted by Crippen LogP contribution is -2.47. The molecule has 1 aliphatic heterocycles. The van der Waals surface area contributed by atoms with Gasteiger partial charge in [-0.1, -0.05) is 47.5 Å². The van der Waals surface area contributed by atoms with E-state index in [1.165, 1.54) is 0 Å². The van der Waals surface area contributed by atoms with E-state index in [0.29, 0.717) is 38.1 Å². The van der Waals surface area contributed by atoms with Crippen LogP contribution in [0.2, 0.25) is 10.0 Å². The van der Waals surface area contributed by atoms with E-state index in [1.807, 2.05) is 55.5 Å². The lowest BCUT2D eigenvalue weighted by Gasteiger charge is -2.37. The Morgan fingerprint density at radius 1 is 1.07 bits per heavy atom. The van der Waals surface area contributed by atoms with Gasteiger partial charge < -0.3 is 31.0 Å². The van der Waals surface area contributed by atoms with Gasteiger partial charge in [-0.05, 0) is 69.4 Å². The van der Waals surface area contributed by atoms with E-state index in [4.69, 9.17) is 43.6 Å². The van der Waals surface area contributed by atoms with Crippen LogP contribution < -0.4 is 26.0 Å². The van der Waals surface area contributed by atoms with Crippen molar-refractivity contribution in [2.24, 2.45) is 5.73 Å². The number of benzene rings is 2. The number of halogens is 2. The number of piperidine rings is 1. The highest BCUT2D eigenvalue weighted by Gasteiger charge is 2.33. The number of nitrogens with two attached hydrogens (primary N) is 1. The number of carbonyl (C=O) groups is 3. The van der Waals surface area contributed by atoms with Crippen molar-refractivity contribution < 1.29 is 23.6 Å². The third kappa shape index (κ3) is 11.1. The third-order valence-corrected chi connectivity index (χ3v) is 9.28. The molecule has 1 heterocycles. The summed E-state index contributed by atoms with van der Waals surface area (Å²) < 4.78 is 13.8. The van der Waals surface area contributed by atoms with E-state index >= 15 is 0 Å². The van der Waals surface area contributed by atoms with Crippen LogP contribution in [0.25, 0.3) is 0 Å². The molecule has 0 aromatic heterocycles. The van der Waals surface area contributed by atoms with Crippen LogP contribution in [0, 0.1) is 12.3 Å². The Bertz CT molecular complexity index is 1270. The van der Waals surface area contributed by atoms with Crippen molar-refractivity contribution in [1.82, 2.24) is 20.4 Å². The van der Waals surface area contributed by atoms with Crippen molar-refractivity contribution in [1.29, 1.82) is 5.41 Å². The maximum atomic E-state index is 12.4. The maximum Gasteiger partial charge on any atom is 0.323 e. The third-order valence-electron chi connectivity index (χ3n) is 6.56. The number of ether oxygens (including phenoxy) is 1. The SMILES string of the molecule is C[C@H](NP(Oc1ccccc1)N1CCC(NC(=O)/C(N)=C(/C=N)NC=O)CC1)C(=O)OC1CC1.Cc1c(Cl)cccc1Cl. The van der Waals surface area contributed by atoms with E-state index in [-0.39, 0.29) is 29.5 Å². The lowest BCUT2D eigenvalue weighted by molar-refractivity contribution is -0.146. The van der Waals surface area contributed by atoms with Gasteiger partial charge in [0.2, 0.25) is 14.9 Å². The molecule has 0 bridgehead atoms. The van der Waals surface area contributed by atoms with Crippen LogP contribution in [0.1, 0.15) is 38.2 Å². The monoisotopic (exact) mass is 650 g/mol. The molecule has 1 saturated heterocycles. The molecule has 11 nitrogen and oxygen atoms in total. The van der Waals surface area contributed by atoms with E-state index in [9.17, 15) is 14.4 Å². The van der Waals surface area contributed by atoms with Crippen molar-refractivity contribution in [2.75, 3.05) is 13.1 Å². The van der Waals surface area contributed by atoms with E-state index in [1.54, 1.807) is 6.92 Å². The zero-order chi connectivity index (χ0) is 31.4. The summed E-state index contributed by atoms with van der Waals surface area (Å²) in [5.74, 6) is -0.135. The summed E-state index contributed by atoms with van der Waals surface area (Å²) in [5, 5.41) is 17.1. The van der Waals surface area contributed by atoms with Crippen LogP contribution in [-0.2, 0) is 19.1 Å². The zero-order valence-corrected chi connectivity index (χ0v) is 26.4. The van der Waals surface area contributed by atoms with Crippen molar-refractivity contribution in [3.8, 4) is 5.75 Å². The van der Waals surface area contributed by atoms with E-state index < -0.39 is 20.4 Å². The van der Waals surface area contributed by atoms with Crippen LogP contribution in [-0.4, -0.2) is 60.4 Å². The molecule has 2 aromatic rings. The number of allylic oxidation sites excluding steroid dienone is 1. The number of hydrogen-bond acceptors (Lipinski definition) is 9. The molecule has 0 radical (unpaired) electrons. The maximum absolute atomic E-state index is 12.4. The molecule has 0 spiro atoms. The molecule has 2 amide bonds. The van der Waals surface area contributed by atoms with Crippen LogP contribution in [0.5, 0.6) is 5.75 Å². The largest absolute Gasteiger partial charge is 0.461 e. The quantitative estimate of drug-likeness (QED) is 0.0742. The Balaban J connectivity index is 0.000000480. The Morgan fingerprint density at radius 3 is 2.23 bits per heavy atom. The summed E-state index contributed by atoms with van der Waals surface area (Å²) in [6.45, 7) is 4.90. The summed E-state index contributed by atoms with van der Waals surface area (Å²) in [6, 6.07) is 14.2. The average Bonchev–Trinajstić information content (AvgIpc) is 3.83. The van der Waals surface area contributed by atoms with Gasteiger partial charge in [0.15, 0.2) is 0 Å². The first-order chi connectivity index (χ1) is 20.6. The van der Waals surface area contributed by atoms with Gasteiger partial charge in [0.25, 0.3) is 5.91 Å². The predicted octanol–water partition coefficient (Wildman–Crippen LogP) is 4.42. The molecule has 232 valence electrons. The van der Waals surface area contributed by atoms with Gasteiger partial charge >= 0.3 is 5.97 Å². The first kappa shape index (κ1) is 34.3. The molecule has 2 aromatic carbocycles. The molecule has 1 aliphatic carbocycles. The zero-order valence-electron chi connectivity index (χ0n) is 24.0. The first-order valence-corrected chi connectivity index (χ1v) is 15.8. The molecule has 1 saturated carbocycles. The minimum Gasteiger partial charge on any atom is -0.461 e. The molecule has 2 fully saturated rings. The van der Waals surface area contributed by atoms with E-state index in [2.05, 4.69) is 20.4 Å². The smallest absolute Gasteiger partial charge is 0.323 e. The normalized spacial score (nSPS) is 17.2. The van der Waals surface area contributed by atoms with Crippen LogP contribution in [0.15, 0.2) is 59.9 Å². The van der Waals surface area contributed by atoms with Gasteiger partial charge in [0, 0.05) is 35.4 Å². The molecule has 2 atom stereocenters. The fraction of sp³-hybridized carbons (Fsp3) is 0.379. The second-order valence-electron chi connectivity index (χ2n) is 9.95. The Kier molecular flexibility index (Phi) is 13.7. The summed E-state index contributed by atoms with van der Waals surface area (Å²) >= 11 is 11.5. The fourth-order valence-electron chi connectivity index (χ4n) is 3.84. The van der Waals surface area contributed by atoms with Crippen molar-refractivity contribution in [2.45, 2.75) is 57.7 Å². The van der Waals surface area contributed by atoms with Gasteiger partial charge in [-0.2, -0.15) is 0 Å². The van der Waals surface area contributed by atoms with Crippen molar-refractivity contribution >= 4 is 56.2 Å². The van der Waals surface area contributed by atoms with Crippen LogP contribution >= 0.6 is 31.7 Å². The summed E-state index contributed by atoms with van der Waals surface area (Å²) in [6.07, 6.45) is 4.33. The van der Waals surface area contributed by atoms with Gasteiger partial charge in [-0.25, -0.2) is 9.76 Å². The van der Waals surface area contributed by atoms with E-state index in [0.717, 1.165) is 34.7 Å². The highest BCUT2D eigenvalue weighted by atomic mass is 35.5. The van der Waals surface area contributed by atoms with Gasteiger partial charge in [0.05, 0.1) is 5.70 Å². The molecule has 4 rings (SSSR count). The lowest BCUT2D eigenvalue weighted by atomic mass is 10.1. The van der Waals surface area contributed by atoms with Crippen molar-refractivity contribution in [3.63, 3.8) is 0 Å². The Morgan fingerprint density at radius 2 is 1.70 bits per heavy atom. The van der Waals surface area contributed by atoms with Gasteiger partial charge in [-0.3, -0.25) is 14.4 Å². The topological polar surface area (TPSA) is 159 Å². The number of para-hydroxylation sites is 1. The molecule has 14 heteroatoms. The highest BCUT2D eigenvalue weighted by molar-refractivity contribution is 7.48. The first-order valence-electron chi connectivity index (χ1n) is 13.8. The second kappa shape index (κ2) is 17.2. The molecular weight excluding hydrogens is 614 g/mol. The molecule has 2 aliphatic rings. The second-order valence-corrected chi connectivity index (χ2v) is 12.3. The van der Waals surface area contributed by atoms with Gasteiger partial charge in [-0.15, -0.1) is 0 Å². The molecular formula is C29H37Cl2N6O5P. The highest BCUT2D eigenvalue weighted by Crippen LogP contribution is 2.41. The van der Waals surface area contributed by atoms with Gasteiger partial charge in [0.1, 0.15) is 23.6 Å². The van der Waals surface area contributed by atoms with Crippen LogP contribution in [0.4, 0.5) is 0 Å². The number of carbonyl (C=O) groups excluding carboxylic acids is 3. The Labute approximate surface area is 262 Å². The number of hydrogen-bond donors (Lipinski definition) is 5. The minimum absolute atomic E-state index is 0.0359. The predicted molar refractivity (Wildman–Crippen MR) is 169 cm³/mol. The Hall–Kier alpha value is -3.21. The summed E-state index contributed by atoms with van der Waals surface area (Å²) in [7, 11) is -1.34. The average molecular weight is 652 g/mol. The standard InChI is InChI=1S/C22H31N6O5P.C7H6Cl2/c1-15(22(31)32-17-7-8-17)27-34(33-18-5-3-2-4-6-18)28-11-9-16(10-12-28)26-21(30)20(24)19(13-23)25-14-29;1-5-6(8)3-2-4-7(5)9/h2-6,13-17,23,27H,7-12,24H2,1H3,(H,25,29)(H,26,30);2-4H,1H3/b20-19+,23-13?;/t15-,34?;/m0./s1. The molecule has 43 heavy (non-hydrogen) atoms. The van der Waals surface area contributed by atoms with Crippen LogP contribution in [0.3, 0.4) is 0 Å².